The average Bonchev–Trinajstić information content (AvgIpc) is 3.14. The number of carbonyl (C=O) groups excluding carboxylic acids is 1. The van der Waals surface area contributed by atoms with Crippen molar-refractivity contribution in [1.82, 2.24) is 4.98 Å². The number of thioether (sulfide) groups is 1. The van der Waals surface area contributed by atoms with Gasteiger partial charge in [0.25, 0.3) is 10.0 Å². The number of urea groups is 1. The fraction of sp³-hybridized carbons (Fsp3) is 0.0909. The summed E-state index contributed by atoms with van der Waals surface area (Å²) in [5.41, 5.74) is 2.88. The Bertz CT molecular complexity index is 1380. The Kier molecular flexibility index (Phi) is 6.35. The number of carbonyl (C=O) groups is 1. The van der Waals surface area contributed by atoms with Gasteiger partial charge >= 0.3 is 6.03 Å². The highest BCUT2D eigenvalue weighted by molar-refractivity contribution is 7.98. The van der Waals surface area contributed by atoms with Gasteiger partial charge in [-0.2, -0.15) is 0 Å². The Labute approximate surface area is 194 Å². The van der Waals surface area contributed by atoms with Gasteiger partial charge < -0.3 is 10.6 Å². The molecule has 0 saturated carbocycles. The summed E-state index contributed by atoms with van der Waals surface area (Å²) < 4.78 is 28.5. The monoisotopic (exact) mass is 484 g/mol. The summed E-state index contributed by atoms with van der Waals surface area (Å²) in [6.45, 7) is 1.89. The number of nitrogens with one attached hydrogen (secondary N) is 3. The number of hydrogen-bond donors (Lipinski definition) is 3. The van der Waals surface area contributed by atoms with Gasteiger partial charge in [-0.25, -0.2) is 18.2 Å². The molecule has 164 valence electrons. The first kappa shape index (κ1) is 22.1. The van der Waals surface area contributed by atoms with Gasteiger partial charge in [0.1, 0.15) is 0 Å². The number of thiazole rings is 1. The molecule has 0 aliphatic rings. The summed E-state index contributed by atoms with van der Waals surface area (Å²) >= 11 is 2.79. The molecule has 0 unspecified atom stereocenters. The van der Waals surface area contributed by atoms with Gasteiger partial charge in [-0.3, -0.25) is 4.72 Å². The largest absolute Gasteiger partial charge is 0.323 e. The second-order valence-corrected chi connectivity index (χ2v) is 10.5. The molecule has 0 saturated heterocycles. The molecule has 0 spiro atoms. The summed E-state index contributed by atoms with van der Waals surface area (Å²) in [5, 5.41) is 5.86. The molecular formula is C22H20N4O3S3. The lowest BCUT2D eigenvalue weighted by Crippen LogP contribution is -2.19. The quantitative estimate of drug-likeness (QED) is 0.302. The molecule has 0 bridgehead atoms. The molecule has 3 N–H and O–H groups in total. The minimum Gasteiger partial charge on any atom is -0.308 e. The fourth-order valence-corrected chi connectivity index (χ4v) is 5.53. The maximum absolute atomic E-state index is 12.6. The van der Waals surface area contributed by atoms with Crippen LogP contribution in [-0.4, -0.2) is 25.7 Å². The molecular weight excluding hydrogens is 464 g/mol. The SMILES string of the molecule is CSc1cccc(NC(=O)Nc2ccc3nc(NS(=O)(=O)c4ccc(C)cc4)sc3c2)c1. The Morgan fingerprint density at radius 3 is 2.41 bits per heavy atom. The molecule has 0 radical (unpaired) electrons. The zero-order chi connectivity index (χ0) is 22.7. The molecule has 1 aromatic heterocycles. The highest BCUT2D eigenvalue weighted by Gasteiger charge is 2.16. The predicted molar refractivity (Wildman–Crippen MR) is 132 cm³/mol. The molecule has 4 rings (SSSR count). The molecule has 0 fully saturated rings. The first-order chi connectivity index (χ1) is 15.3. The summed E-state index contributed by atoms with van der Waals surface area (Å²) in [7, 11) is -3.73. The maximum Gasteiger partial charge on any atom is 0.323 e. The van der Waals surface area contributed by atoms with E-state index in [0.29, 0.717) is 16.9 Å². The molecule has 3 aromatic carbocycles. The van der Waals surface area contributed by atoms with Crippen molar-refractivity contribution in [1.29, 1.82) is 0 Å². The van der Waals surface area contributed by atoms with E-state index in [1.165, 1.54) is 11.3 Å². The number of nitrogens with zero attached hydrogens (tertiary/aromatic N) is 1. The number of hydrogen-bond acceptors (Lipinski definition) is 6. The van der Waals surface area contributed by atoms with Crippen molar-refractivity contribution in [3.05, 3.63) is 72.3 Å². The number of aryl methyl sites for hydroxylation is 1. The molecule has 32 heavy (non-hydrogen) atoms. The lowest BCUT2D eigenvalue weighted by molar-refractivity contribution is 0.262. The van der Waals surface area contributed by atoms with Crippen LogP contribution in [0.1, 0.15) is 5.56 Å². The van der Waals surface area contributed by atoms with Gasteiger partial charge in [-0.05, 0) is 61.7 Å². The van der Waals surface area contributed by atoms with E-state index in [1.54, 1.807) is 54.2 Å². The van der Waals surface area contributed by atoms with Crippen molar-refractivity contribution in [2.45, 2.75) is 16.7 Å². The molecule has 0 aliphatic carbocycles. The second kappa shape index (κ2) is 9.19. The lowest BCUT2D eigenvalue weighted by atomic mass is 10.2. The fourth-order valence-electron chi connectivity index (χ4n) is 2.93. The van der Waals surface area contributed by atoms with E-state index in [0.717, 1.165) is 15.2 Å². The van der Waals surface area contributed by atoms with Crippen LogP contribution in [-0.2, 0) is 10.0 Å². The zero-order valence-electron chi connectivity index (χ0n) is 17.2. The van der Waals surface area contributed by atoms with Crippen molar-refractivity contribution in [3.63, 3.8) is 0 Å². The minimum atomic E-state index is -3.73. The van der Waals surface area contributed by atoms with Crippen LogP contribution in [0.3, 0.4) is 0 Å². The molecule has 0 aliphatic heterocycles. The van der Waals surface area contributed by atoms with E-state index in [-0.39, 0.29) is 16.1 Å². The van der Waals surface area contributed by atoms with Gasteiger partial charge in [0.05, 0.1) is 15.1 Å². The van der Waals surface area contributed by atoms with E-state index < -0.39 is 10.0 Å². The van der Waals surface area contributed by atoms with Crippen molar-refractivity contribution in [2.24, 2.45) is 0 Å². The summed E-state index contributed by atoms with van der Waals surface area (Å²) in [5.74, 6) is 0. The zero-order valence-corrected chi connectivity index (χ0v) is 19.7. The lowest BCUT2D eigenvalue weighted by Gasteiger charge is -2.08. The van der Waals surface area contributed by atoms with E-state index in [4.69, 9.17) is 0 Å². The standard InChI is InChI=1S/C22H20N4O3S3/c1-14-6-9-18(10-7-14)32(28,29)26-22-25-19-11-8-16(13-20(19)31-22)24-21(27)23-15-4-3-5-17(12-15)30-2/h3-13H,1-2H3,(H,25,26)(H2,23,24,27). The van der Waals surface area contributed by atoms with Crippen LogP contribution in [0.4, 0.5) is 21.3 Å². The average molecular weight is 485 g/mol. The summed E-state index contributed by atoms with van der Waals surface area (Å²) in [4.78, 5) is 17.9. The number of amides is 2. The molecule has 2 amide bonds. The van der Waals surface area contributed by atoms with Crippen molar-refractivity contribution >= 4 is 65.9 Å². The first-order valence-corrected chi connectivity index (χ1v) is 13.1. The van der Waals surface area contributed by atoms with Crippen LogP contribution in [0, 0.1) is 6.92 Å². The Morgan fingerprint density at radius 1 is 0.969 bits per heavy atom. The minimum absolute atomic E-state index is 0.173. The van der Waals surface area contributed by atoms with Gasteiger partial charge in [-0.15, -0.1) is 11.8 Å². The molecule has 0 atom stereocenters. The van der Waals surface area contributed by atoms with E-state index in [1.807, 2.05) is 37.4 Å². The van der Waals surface area contributed by atoms with Crippen LogP contribution in [0.5, 0.6) is 0 Å². The Hall–Kier alpha value is -3.08. The van der Waals surface area contributed by atoms with Gasteiger partial charge in [-0.1, -0.05) is 35.1 Å². The molecule has 7 nitrogen and oxygen atoms in total. The third-order valence-corrected chi connectivity index (χ3v) is 7.67. The van der Waals surface area contributed by atoms with Gasteiger partial charge in [0, 0.05) is 16.3 Å². The predicted octanol–water partition coefficient (Wildman–Crippen LogP) is 5.77. The van der Waals surface area contributed by atoms with Crippen LogP contribution >= 0.6 is 23.1 Å². The summed E-state index contributed by atoms with van der Waals surface area (Å²) in [6.07, 6.45) is 1.97. The maximum atomic E-state index is 12.6. The van der Waals surface area contributed by atoms with Crippen LogP contribution < -0.4 is 15.4 Å². The first-order valence-electron chi connectivity index (χ1n) is 9.54. The summed E-state index contributed by atoms with van der Waals surface area (Å²) in [6, 6.07) is 19.0. The topological polar surface area (TPSA) is 100 Å². The Morgan fingerprint density at radius 2 is 1.69 bits per heavy atom. The van der Waals surface area contributed by atoms with Crippen LogP contribution in [0.2, 0.25) is 0 Å². The highest BCUT2D eigenvalue weighted by atomic mass is 32.2. The van der Waals surface area contributed by atoms with E-state index in [9.17, 15) is 13.2 Å². The molecule has 1 heterocycles. The van der Waals surface area contributed by atoms with Gasteiger partial charge in [0.2, 0.25) is 0 Å². The number of rotatable bonds is 6. The number of benzene rings is 3. The Balaban J connectivity index is 1.47. The smallest absolute Gasteiger partial charge is 0.308 e. The number of anilines is 3. The second-order valence-electron chi connectivity index (χ2n) is 6.93. The normalized spacial score (nSPS) is 11.3. The third-order valence-electron chi connectivity index (χ3n) is 4.53. The molecule has 10 heteroatoms. The third kappa shape index (κ3) is 5.21. The number of aromatic nitrogens is 1. The van der Waals surface area contributed by atoms with Crippen molar-refractivity contribution in [2.75, 3.05) is 21.6 Å². The number of sulfonamides is 1. The highest BCUT2D eigenvalue weighted by Crippen LogP contribution is 2.30. The van der Waals surface area contributed by atoms with Crippen molar-refractivity contribution in [3.8, 4) is 0 Å². The van der Waals surface area contributed by atoms with E-state index >= 15 is 0 Å². The van der Waals surface area contributed by atoms with Gasteiger partial charge in [0.15, 0.2) is 5.13 Å². The van der Waals surface area contributed by atoms with E-state index in [2.05, 4.69) is 20.3 Å². The number of fused-ring (bicyclic) bond motifs is 1. The molecule has 4 aromatic rings. The van der Waals surface area contributed by atoms with Crippen LogP contribution in [0.15, 0.2) is 76.5 Å². The van der Waals surface area contributed by atoms with Crippen LogP contribution in [0.25, 0.3) is 10.2 Å². The van der Waals surface area contributed by atoms with Crippen molar-refractivity contribution < 1.29 is 13.2 Å².